The fourth-order valence-corrected chi connectivity index (χ4v) is 6.42. The summed E-state index contributed by atoms with van der Waals surface area (Å²) in [6.07, 6.45) is -0.476. The van der Waals surface area contributed by atoms with Crippen molar-refractivity contribution in [3.63, 3.8) is 0 Å². The van der Waals surface area contributed by atoms with Gasteiger partial charge in [0.2, 0.25) is 15.9 Å². The van der Waals surface area contributed by atoms with Crippen molar-refractivity contribution in [1.29, 1.82) is 0 Å². The second kappa shape index (κ2) is 11.7. The number of nitrogens with zero attached hydrogens (tertiary/aromatic N) is 4. The number of benzene rings is 2. The third-order valence-electron chi connectivity index (χ3n) is 6.19. The van der Waals surface area contributed by atoms with Crippen molar-refractivity contribution in [3.8, 4) is 11.5 Å². The molecule has 0 atom stereocenters. The zero-order chi connectivity index (χ0) is 29.1. The summed E-state index contributed by atoms with van der Waals surface area (Å²) < 4.78 is 62.8. The molecule has 1 aliphatic rings. The number of sulfonamides is 1. The molecule has 3 aromatic rings. The maximum Gasteiger partial charge on any atom is 0.409 e. The van der Waals surface area contributed by atoms with Gasteiger partial charge in [0.15, 0.2) is 9.84 Å². The van der Waals surface area contributed by atoms with E-state index in [4.69, 9.17) is 9.15 Å². The van der Waals surface area contributed by atoms with E-state index in [2.05, 4.69) is 15.5 Å². The first-order chi connectivity index (χ1) is 18.9. The summed E-state index contributed by atoms with van der Waals surface area (Å²) in [6, 6.07) is 11.2. The minimum Gasteiger partial charge on any atom is -0.450 e. The minimum absolute atomic E-state index is 0.00458. The molecule has 2 amide bonds. The molecule has 0 unspecified atom stereocenters. The third kappa shape index (κ3) is 6.16. The van der Waals surface area contributed by atoms with Gasteiger partial charge in [0, 0.05) is 37.3 Å². The highest BCUT2D eigenvalue weighted by Gasteiger charge is 2.30. The van der Waals surface area contributed by atoms with E-state index in [0.29, 0.717) is 5.56 Å². The fraction of sp³-hybridized carbons (Fsp3) is 0.360. The van der Waals surface area contributed by atoms with Crippen molar-refractivity contribution in [1.82, 2.24) is 19.4 Å². The molecule has 0 bridgehead atoms. The molecule has 1 saturated heterocycles. The number of carbonyl (C=O) groups excluding carboxylic acids is 2. The number of aromatic nitrogens is 2. The molecule has 40 heavy (non-hydrogen) atoms. The molecule has 214 valence electrons. The summed E-state index contributed by atoms with van der Waals surface area (Å²) in [5, 5.41) is 9.52. The molecular weight excluding hydrogens is 562 g/mol. The van der Waals surface area contributed by atoms with E-state index in [-0.39, 0.29) is 60.0 Å². The van der Waals surface area contributed by atoms with Crippen LogP contribution in [0.3, 0.4) is 0 Å². The van der Waals surface area contributed by atoms with Crippen LogP contribution in [-0.2, 0) is 24.6 Å². The Morgan fingerprint density at radius 2 is 1.65 bits per heavy atom. The van der Waals surface area contributed by atoms with Gasteiger partial charge in [-0.1, -0.05) is 11.2 Å². The van der Waals surface area contributed by atoms with Gasteiger partial charge in [-0.2, -0.15) is 4.31 Å². The van der Waals surface area contributed by atoms with Crippen molar-refractivity contribution >= 4 is 37.9 Å². The summed E-state index contributed by atoms with van der Waals surface area (Å²) in [7, 11) is -7.34. The number of amides is 2. The molecule has 1 aliphatic heterocycles. The number of carbonyl (C=O) groups is 2. The van der Waals surface area contributed by atoms with Gasteiger partial charge < -0.3 is 14.1 Å². The number of nitrogens with one attached hydrogen (secondary N) is 1. The number of sulfone groups is 1. The van der Waals surface area contributed by atoms with Crippen LogP contribution in [0.5, 0.6) is 0 Å². The maximum absolute atomic E-state index is 13.0. The summed E-state index contributed by atoms with van der Waals surface area (Å²) >= 11 is 0. The Morgan fingerprint density at radius 3 is 2.27 bits per heavy atom. The Morgan fingerprint density at radius 1 is 0.975 bits per heavy atom. The lowest BCUT2D eigenvalue weighted by atomic mass is 10.2. The summed E-state index contributed by atoms with van der Waals surface area (Å²) in [6.45, 7) is 5.77. The lowest BCUT2D eigenvalue weighted by Gasteiger charge is -2.33. The van der Waals surface area contributed by atoms with Crippen LogP contribution in [0.2, 0.25) is 0 Å². The van der Waals surface area contributed by atoms with Crippen molar-refractivity contribution in [2.24, 2.45) is 0 Å². The summed E-state index contributed by atoms with van der Waals surface area (Å²) in [5.41, 5.74) is 0.517. The average molecular weight is 592 g/mol. The van der Waals surface area contributed by atoms with Crippen molar-refractivity contribution in [2.75, 3.05) is 38.1 Å². The molecule has 13 nitrogen and oxygen atoms in total. The molecule has 4 rings (SSSR count). The van der Waals surface area contributed by atoms with Crippen LogP contribution in [0.15, 0.2) is 62.7 Å². The number of hydrogen-bond acceptors (Lipinski definition) is 10. The number of rotatable bonds is 8. The summed E-state index contributed by atoms with van der Waals surface area (Å²) in [5.74, 6) is -0.598. The van der Waals surface area contributed by atoms with Gasteiger partial charge in [0.1, 0.15) is 0 Å². The molecule has 0 saturated carbocycles. The largest absolute Gasteiger partial charge is 0.450 e. The molecule has 15 heteroatoms. The molecule has 1 fully saturated rings. The monoisotopic (exact) mass is 591 g/mol. The molecule has 0 spiro atoms. The van der Waals surface area contributed by atoms with Crippen molar-refractivity contribution in [2.45, 2.75) is 35.8 Å². The molecule has 2 heterocycles. The number of piperazine rings is 1. The van der Waals surface area contributed by atoms with Gasteiger partial charge in [-0.3, -0.25) is 10.1 Å². The summed E-state index contributed by atoms with van der Waals surface area (Å²) in [4.78, 5) is 26.1. The highest BCUT2D eigenvalue weighted by atomic mass is 32.2. The van der Waals surface area contributed by atoms with Crippen LogP contribution >= 0.6 is 0 Å². The van der Waals surface area contributed by atoms with Gasteiger partial charge >= 0.3 is 12.1 Å². The Hall–Kier alpha value is -3.82. The zero-order valence-electron chi connectivity index (χ0n) is 22.1. The van der Waals surface area contributed by atoms with E-state index in [1.165, 1.54) is 45.6 Å². The van der Waals surface area contributed by atoms with E-state index in [1.807, 2.05) is 0 Å². The molecule has 0 radical (unpaired) electrons. The first kappa shape index (κ1) is 29.2. The van der Waals surface area contributed by atoms with Crippen LogP contribution in [0, 0.1) is 0 Å². The van der Waals surface area contributed by atoms with Gasteiger partial charge in [-0.15, -0.1) is 5.10 Å². The van der Waals surface area contributed by atoms with Crippen LogP contribution in [0.4, 0.5) is 10.8 Å². The predicted molar refractivity (Wildman–Crippen MR) is 144 cm³/mol. The zero-order valence-corrected chi connectivity index (χ0v) is 23.7. The van der Waals surface area contributed by atoms with Crippen molar-refractivity contribution in [3.05, 3.63) is 54.1 Å². The Kier molecular flexibility index (Phi) is 8.56. The number of ether oxygens (including phenoxy) is 1. The second-order valence-corrected chi connectivity index (χ2v) is 13.5. The fourth-order valence-electron chi connectivity index (χ4n) is 3.89. The Bertz CT molecular complexity index is 1590. The van der Waals surface area contributed by atoms with Gasteiger partial charge in [-0.05, 0) is 63.2 Å². The lowest BCUT2D eigenvalue weighted by molar-refractivity contribution is 0.0933. The Balaban J connectivity index is 1.41. The minimum atomic E-state index is -3.83. The third-order valence-corrected chi connectivity index (χ3v) is 10.3. The standard InChI is InChI=1S/C25H29N5O8S2/c1-4-37-25(32)29-12-14-30(15-13-29)40(35,36)20-10-8-18(9-11-20)22(31)26-24-28-27-23(38-24)19-6-5-7-21(16-19)39(33,34)17(2)3/h5-11,16-17H,4,12-15H2,1-3H3,(H,26,28,31). The van der Waals surface area contributed by atoms with E-state index >= 15 is 0 Å². The van der Waals surface area contributed by atoms with Gasteiger partial charge in [0.25, 0.3) is 5.91 Å². The Labute approximate surface area is 232 Å². The first-order valence-electron chi connectivity index (χ1n) is 12.4. The van der Waals surface area contributed by atoms with Gasteiger partial charge in [-0.25, -0.2) is 21.6 Å². The highest BCUT2D eigenvalue weighted by molar-refractivity contribution is 7.92. The molecule has 2 aromatic carbocycles. The number of hydrogen-bond donors (Lipinski definition) is 1. The van der Waals surface area contributed by atoms with Crippen LogP contribution in [0.25, 0.3) is 11.5 Å². The quantitative estimate of drug-likeness (QED) is 0.411. The lowest BCUT2D eigenvalue weighted by Crippen LogP contribution is -2.50. The highest BCUT2D eigenvalue weighted by Crippen LogP contribution is 2.25. The molecule has 0 aliphatic carbocycles. The van der Waals surface area contributed by atoms with E-state index in [9.17, 15) is 26.4 Å². The van der Waals surface area contributed by atoms with Crippen LogP contribution < -0.4 is 5.32 Å². The first-order valence-corrected chi connectivity index (χ1v) is 15.4. The predicted octanol–water partition coefficient (Wildman–Crippen LogP) is 2.63. The molecule has 1 aromatic heterocycles. The average Bonchev–Trinajstić information content (AvgIpc) is 3.41. The van der Waals surface area contributed by atoms with E-state index in [1.54, 1.807) is 32.9 Å². The van der Waals surface area contributed by atoms with Crippen molar-refractivity contribution < 1.29 is 35.6 Å². The second-order valence-electron chi connectivity index (χ2n) is 9.10. The van der Waals surface area contributed by atoms with Crippen LogP contribution in [0.1, 0.15) is 31.1 Å². The smallest absolute Gasteiger partial charge is 0.409 e. The molecular formula is C25H29N5O8S2. The van der Waals surface area contributed by atoms with E-state index in [0.717, 1.165) is 0 Å². The molecule has 1 N–H and O–H groups in total. The van der Waals surface area contributed by atoms with Gasteiger partial charge in [0.05, 0.1) is 21.6 Å². The van der Waals surface area contributed by atoms with Crippen LogP contribution in [-0.4, -0.2) is 86.3 Å². The van der Waals surface area contributed by atoms with E-state index < -0.39 is 37.1 Å². The number of anilines is 1. The topological polar surface area (TPSA) is 169 Å². The maximum atomic E-state index is 13.0. The normalized spacial score (nSPS) is 14.8. The SMILES string of the molecule is CCOC(=O)N1CCN(S(=O)(=O)c2ccc(C(=O)Nc3nnc(-c4cccc(S(=O)(=O)C(C)C)c4)o3)cc2)CC1.